The van der Waals surface area contributed by atoms with Gasteiger partial charge in [-0.25, -0.2) is 0 Å². The van der Waals surface area contributed by atoms with Crippen LogP contribution in [0.2, 0.25) is 0 Å². The van der Waals surface area contributed by atoms with Crippen LogP contribution in [0.5, 0.6) is 0 Å². The second-order valence-electron chi connectivity index (χ2n) is 5.63. The van der Waals surface area contributed by atoms with E-state index >= 15 is 0 Å². The first-order chi connectivity index (χ1) is 6.31. The van der Waals surface area contributed by atoms with Crippen LogP contribution in [0.1, 0.15) is 47.0 Å². The molecule has 14 heavy (non-hydrogen) atoms. The molecule has 0 bridgehead atoms. The first kappa shape index (κ1) is 11.6. The second kappa shape index (κ2) is 3.93. The zero-order valence-corrected chi connectivity index (χ0v) is 9.76. The molecule has 1 aliphatic heterocycles. The van der Waals surface area contributed by atoms with E-state index in [1.54, 1.807) is 6.26 Å². The maximum absolute atomic E-state index is 10.3. The predicted molar refractivity (Wildman–Crippen MR) is 58.0 cm³/mol. The Morgan fingerprint density at radius 3 is 2.43 bits per heavy atom. The summed E-state index contributed by atoms with van der Waals surface area (Å²) in [4.78, 5) is 0. The maximum atomic E-state index is 10.3. The molecule has 1 heterocycles. The van der Waals surface area contributed by atoms with Gasteiger partial charge in [0.25, 0.3) is 0 Å². The van der Waals surface area contributed by atoms with Crippen LogP contribution in [0.25, 0.3) is 0 Å². The van der Waals surface area contributed by atoms with Crippen molar-refractivity contribution < 1.29 is 9.84 Å². The normalized spacial score (nSPS) is 22.2. The van der Waals surface area contributed by atoms with Gasteiger partial charge < -0.3 is 9.84 Å². The average Bonchev–Trinajstić information content (AvgIpc) is 2.01. The summed E-state index contributed by atoms with van der Waals surface area (Å²) in [5, 5.41) is 10.3. The zero-order valence-electron chi connectivity index (χ0n) is 9.76. The van der Waals surface area contributed by atoms with Crippen LogP contribution >= 0.6 is 0 Å². The van der Waals surface area contributed by atoms with E-state index in [4.69, 9.17) is 4.74 Å². The van der Waals surface area contributed by atoms with Gasteiger partial charge in [-0.15, -0.1) is 0 Å². The van der Waals surface area contributed by atoms with Crippen molar-refractivity contribution in [1.29, 1.82) is 0 Å². The summed E-state index contributed by atoms with van der Waals surface area (Å²) >= 11 is 0. The molecule has 1 N–H and O–H groups in total. The van der Waals surface area contributed by atoms with E-state index in [0.717, 1.165) is 31.4 Å². The summed E-state index contributed by atoms with van der Waals surface area (Å²) in [6, 6.07) is 0. The molecule has 0 aromatic rings. The minimum Gasteiger partial charge on any atom is -0.501 e. The van der Waals surface area contributed by atoms with Gasteiger partial charge in [0.15, 0.2) is 0 Å². The molecular weight excluding hydrogens is 176 g/mol. The Balaban J connectivity index is 2.68. The Kier molecular flexibility index (Phi) is 3.25. The molecule has 1 atom stereocenters. The van der Waals surface area contributed by atoms with Gasteiger partial charge >= 0.3 is 0 Å². The fourth-order valence-corrected chi connectivity index (χ4v) is 2.11. The third-order valence-electron chi connectivity index (χ3n) is 2.50. The van der Waals surface area contributed by atoms with Crippen molar-refractivity contribution in [1.82, 2.24) is 0 Å². The standard InChI is InChI=1S/C12H22O2/c1-11(2,3)9-12(4,13)10-6-5-7-14-8-10/h8,13H,5-7,9H2,1-4H3. The van der Waals surface area contributed by atoms with Crippen LogP contribution < -0.4 is 0 Å². The summed E-state index contributed by atoms with van der Waals surface area (Å²) in [6.45, 7) is 9.11. The highest BCUT2D eigenvalue weighted by molar-refractivity contribution is 5.15. The van der Waals surface area contributed by atoms with Gasteiger partial charge in [-0.1, -0.05) is 20.8 Å². The Morgan fingerprint density at radius 1 is 1.36 bits per heavy atom. The van der Waals surface area contributed by atoms with Crippen LogP contribution in [-0.4, -0.2) is 17.3 Å². The van der Waals surface area contributed by atoms with Gasteiger partial charge in [0.2, 0.25) is 0 Å². The maximum Gasteiger partial charge on any atom is 0.0876 e. The molecule has 1 unspecified atom stereocenters. The Hall–Kier alpha value is -0.500. The molecule has 1 aliphatic rings. The number of aliphatic hydroxyl groups is 1. The minimum atomic E-state index is -0.710. The number of hydrogen-bond acceptors (Lipinski definition) is 2. The minimum absolute atomic E-state index is 0.141. The van der Waals surface area contributed by atoms with Gasteiger partial charge in [-0.05, 0) is 37.2 Å². The number of rotatable bonds is 2. The molecule has 0 radical (unpaired) electrons. The molecule has 0 aliphatic carbocycles. The molecule has 0 amide bonds. The lowest BCUT2D eigenvalue weighted by atomic mass is 9.78. The zero-order chi connectivity index (χ0) is 10.8. The predicted octanol–water partition coefficient (Wildman–Crippen LogP) is 2.87. The van der Waals surface area contributed by atoms with Crippen LogP contribution in [0.15, 0.2) is 11.8 Å². The highest BCUT2D eigenvalue weighted by atomic mass is 16.5. The van der Waals surface area contributed by atoms with Gasteiger partial charge in [0.1, 0.15) is 0 Å². The molecule has 0 spiro atoms. The van der Waals surface area contributed by atoms with Crippen molar-refractivity contribution in [3.8, 4) is 0 Å². The van der Waals surface area contributed by atoms with Crippen LogP contribution in [0.4, 0.5) is 0 Å². The van der Waals surface area contributed by atoms with E-state index in [-0.39, 0.29) is 5.41 Å². The van der Waals surface area contributed by atoms with E-state index in [2.05, 4.69) is 20.8 Å². The lowest BCUT2D eigenvalue weighted by Crippen LogP contribution is -2.33. The molecule has 2 heteroatoms. The summed E-state index contributed by atoms with van der Waals surface area (Å²) in [5.41, 5.74) is 0.471. The van der Waals surface area contributed by atoms with E-state index in [9.17, 15) is 5.11 Å². The second-order valence-corrected chi connectivity index (χ2v) is 5.63. The lowest BCUT2D eigenvalue weighted by molar-refractivity contribution is 0.0407. The fourth-order valence-electron chi connectivity index (χ4n) is 2.11. The molecule has 0 aromatic heterocycles. The van der Waals surface area contributed by atoms with E-state index in [1.807, 2.05) is 6.92 Å². The van der Waals surface area contributed by atoms with E-state index in [0.29, 0.717) is 0 Å². The Morgan fingerprint density at radius 2 is 2.00 bits per heavy atom. The van der Waals surface area contributed by atoms with Crippen molar-refractivity contribution >= 4 is 0 Å². The van der Waals surface area contributed by atoms with E-state index < -0.39 is 5.60 Å². The van der Waals surface area contributed by atoms with Crippen LogP contribution in [0, 0.1) is 5.41 Å². The molecular formula is C12H22O2. The summed E-state index contributed by atoms with van der Waals surface area (Å²) < 4.78 is 5.26. The molecule has 0 aromatic carbocycles. The van der Waals surface area contributed by atoms with Gasteiger partial charge in [0.05, 0.1) is 18.5 Å². The van der Waals surface area contributed by atoms with Crippen molar-refractivity contribution in [3.63, 3.8) is 0 Å². The van der Waals surface area contributed by atoms with Crippen LogP contribution in [0.3, 0.4) is 0 Å². The molecule has 0 saturated carbocycles. The third kappa shape index (κ3) is 3.33. The van der Waals surface area contributed by atoms with Gasteiger partial charge in [-0.2, -0.15) is 0 Å². The number of ether oxygens (including phenoxy) is 1. The molecule has 2 nitrogen and oxygen atoms in total. The van der Waals surface area contributed by atoms with Crippen LogP contribution in [-0.2, 0) is 4.74 Å². The summed E-state index contributed by atoms with van der Waals surface area (Å²) in [5.74, 6) is 0. The lowest BCUT2D eigenvalue weighted by Gasteiger charge is -2.34. The smallest absolute Gasteiger partial charge is 0.0876 e. The van der Waals surface area contributed by atoms with Crippen molar-refractivity contribution in [2.45, 2.75) is 52.6 Å². The molecule has 0 saturated heterocycles. The summed E-state index contributed by atoms with van der Waals surface area (Å²) in [7, 11) is 0. The Bertz CT molecular complexity index is 221. The summed E-state index contributed by atoms with van der Waals surface area (Å²) in [6.07, 6.45) is 4.50. The van der Waals surface area contributed by atoms with Crippen molar-refractivity contribution in [2.75, 3.05) is 6.61 Å². The molecule has 1 rings (SSSR count). The monoisotopic (exact) mass is 198 g/mol. The van der Waals surface area contributed by atoms with Crippen molar-refractivity contribution in [3.05, 3.63) is 11.8 Å². The van der Waals surface area contributed by atoms with Gasteiger partial charge in [0, 0.05) is 0 Å². The quantitative estimate of drug-likeness (QED) is 0.739. The molecule has 82 valence electrons. The Labute approximate surface area is 87.0 Å². The third-order valence-corrected chi connectivity index (χ3v) is 2.50. The first-order valence-electron chi connectivity index (χ1n) is 5.35. The number of hydrogen-bond donors (Lipinski definition) is 1. The van der Waals surface area contributed by atoms with Crippen molar-refractivity contribution in [2.24, 2.45) is 5.41 Å². The van der Waals surface area contributed by atoms with E-state index in [1.165, 1.54) is 0 Å². The SMILES string of the molecule is CC(C)(C)CC(C)(O)C1=COCCC1. The fraction of sp³-hybridized carbons (Fsp3) is 0.833. The highest BCUT2D eigenvalue weighted by Gasteiger charge is 2.32. The highest BCUT2D eigenvalue weighted by Crippen LogP contribution is 2.34. The van der Waals surface area contributed by atoms with Gasteiger partial charge in [-0.3, -0.25) is 0 Å². The largest absolute Gasteiger partial charge is 0.501 e. The molecule has 0 fully saturated rings. The topological polar surface area (TPSA) is 29.5 Å². The average molecular weight is 198 g/mol. The first-order valence-corrected chi connectivity index (χ1v) is 5.35.